The van der Waals surface area contributed by atoms with Gasteiger partial charge in [0.05, 0.1) is 12.8 Å². The van der Waals surface area contributed by atoms with E-state index in [1.165, 1.54) is 18.9 Å². The minimum Gasteiger partial charge on any atom is -0.468 e. The third-order valence-electron chi connectivity index (χ3n) is 2.26. The first-order valence-corrected chi connectivity index (χ1v) is 6.18. The van der Waals surface area contributed by atoms with Gasteiger partial charge in [-0.05, 0) is 29.5 Å². The van der Waals surface area contributed by atoms with Crippen molar-refractivity contribution >= 4 is 17.7 Å². The predicted octanol–water partition coefficient (Wildman–Crippen LogP) is 1.32. The number of tetrazole rings is 1. The Bertz CT molecular complexity index is 529. The third-order valence-corrected chi connectivity index (χ3v) is 3.27. The molecule has 0 saturated heterocycles. The molecule has 1 atom stereocenters. The van der Waals surface area contributed by atoms with Gasteiger partial charge in [-0.25, -0.2) is 0 Å². The lowest BCUT2D eigenvalue weighted by molar-refractivity contribution is -0.139. The molecule has 0 aliphatic carbocycles. The molecule has 0 saturated carbocycles. The number of hydrogen-bond donors (Lipinski definition) is 0. The second-order valence-electron chi connectivity index (χ2n) is 3.49. The van der Waals surface area contributed by atoms with E-state index in [0.717, 1.165) is 5.69 Å². The van der Waals surface area contributed by atoms with Gasteiger partial charge in [0, 0.05) is 0 Å². The Kier molecular flexibility index (Phi) is 3.93. The van der Waals surface area contributed by atoms with Crippen molar-refractivity contribution in [1.82, 2.24) is 20.2 Å². The minimum atomic E-state index is -0.358. The Morgan fingerprint density at radius 1 is 1.39 bits per heavy atom. The van der Waals surface area contributed by atoms with Crippen molar-refractivity contribution in [2.24, 2.45) is 0 Å². The molecule has 0 fully saturated rings. The summed E-state index contributed by atoms with van der Waals surface area (Å²) in [6.07, 6.45) is 0. The van der Waals surface area contributed by atoms with Crippen molar-refractivity contribution in [3.63, 3.8) is 0 Å². The number of ether oxygens (including phenoxy) is 1. The molecule has 2 aromatic rings. The van der Waals surface area contributed by atoms with E-state index in [1.807, 2.05) is 30.3 Å². The summed E-state index contributed by atoms with van der Waals surface area (Å²) in [6, 6.07) is 9.49. The van der Waals surface area contributed by atoms with E-state index < -0.39 is 0 Å². The maximum absolute atomic E-state index is 11.4. The second kappa shape index (κ2) is 5.63. The zero-order chi connectivity index (χ0) is 13.0. The second-order valence-corrected chi connectivity index (χ2v) is 4.80. The van der Waals surface area contributed by atoms with Gasteiger partial charge in [0.25, 0.3) is 0 Å². The molecule has 7 heteroatoms. The molecular weight excluding hydrogens is 252 g/mol. The van der Waals surface area contributed by atoms with Gasteiger partial charge in [-0.1, -0.05) is 30.0 Å². The van der Waals surface area contributed by atoms with Crippen LogP contribution in [0.4, 0.5) is 0 Å². The van der Waals surface area contributed by atoms with Crippen LogP contribution in [0.25, 0.3) is 5.69 Å². The minimum absolute atomic E-state index is 0.303. The molecule has 1 aromatic carbocycles. The molecule has 94 valence electrons. The number of thioether (sulfide) groups is 1. The summed E-state index contributed by atoms with van der Waals surface area (Å²) in [5.74, 6) is -0.303. The van der Waals surface area contributed by atoms with Gasteiger partial charge in [0.1, 0.15) is 5.25 Å². The highest BCUT2D eigenvalue weighted by Crippen LogP contribution is 2.23. The fraction of sp³-hybridized carbons (Fsp3) is 0.273. The van der Waals surface area contributed by atoms with Crippen LogP contribution in [0.2, 0.25) is 0 Å². The summed E-state index contributed by atoms with van der Waals surface area (Å²) < 4.78 is 6.26. The molecule has 0 bridgehead atoms. The van der Waals surface area contributed by atoms with E-state index >= 15 is 0 Å². The first-order chi connectivity index (χ1) is 8.72. The van der Waals surface area contributed by atoms with Gasteiger partial charge in [-0.15, -0.1) is 5.10 Å². The maximum atomic E-state index is 11.4. The first kappa shape index (κ1) is 12.6. The molecule has 0 spiro atoms. The van der Waals surface area contributed by atoms with Gasteiger partial charge in [0.2, 0.25) is 5.16 Å². The number of para-hydroxylation sites is 1. The van der Waals surface area contributed by atoms with Crippen molar-refractivity contribution in [3.8, 4) is 5.69 Å². The first-order valence-electron chi connectivity index (χ1n) is 5.30. The summed E-state index contributed by atoms with van der Waals surface area (Å²) in [5, 5.41) is 11.6. The lowest BCUT2D eigenvalue weighted by Gasteiger charge is -2.08. The van der Waals surface area contributed by atoms with Crippen LogP contribution in [0.5, 0.6) is 0 Å². The molecule has 1 heterocycles. The molecule has 1 aromatic heterocycles. The number of rotatable bonds is 4. The Labute approximate surface area is 108 Å². The quantitative estimate of drug-likeness (QED) is 0.612. The van der Waals surface area contributed by atoms with Crippen LogP contribution in [-0.2, 0) is 9.53 Å². The van der Waals surface area contributed by atoms with Crippen LogP contribution in [0.3, 0.4) is 0 Å². The lowest BCUT2D eigenvalue weighted by Crippen LogP contribution is -2.15. The number of methoxy groups -OCH3 is 1. The fourth-order valence-corrected chi connectivity index (χ4v) is 2.19. The summed E-state index contributed by atoms with van der Waals surface area (Å²) >= 11 is 1.26. The van der Waals surface area contributed by atoms with E-state index in [0.29, 0.717) is 5.16 Å². The van der Waals surface area contributed by atoms with Crippen LogP contribution in [-0.4, -0.2) is 38.5 Å². The van der Waals surface area contributed by atoms with Crippen molar-refractivity contribution in [1.29, 1.82) is 0 Å². The number of carbonyl (C=O) groups excluding carboxylic acids is 1. The SMILES string of the molecule is COC(=O)C(C)Sc1nnnn1-c1ccccc1. The number of nitrogens with zero attached hydrogens (tertiary/aromatic N) is 4. The highest BCUT2D eigenvalue weighted by atomic mass is 32.2. The molecule has 6 nitrogen and oxygen atoms in total. The smallest absolute Gasteiger partial charge is 0.318 e. The van der Waals surface area contributed by atoms with Gasteiger partial charge in [-0.3, -0.25) is 4.79 Å². The molecule has 0 aliphatic heterocycles. The van der Waals surface area contributed by atoms with Crippen LogP contribution in [0, 0.1) is 0 Å². The Morgan fingerprint density at radius 3 is 2.78 bits per heavy atom. The number of carbonyl (C=O) groups is 1. The van der Waals surface area contributed by atoms with Gasteiger partial charge >= 0.3 is 5.97 Å². The maximum Gasteiger partial charge on any atom is 0.318 e. The van der Waals surface area contributed by atoms with Gasteiger partial charge < -0.3 is 4.74 Å². The number of hydrogen-bond acceptors (Lipinski definition) is 6. The predicted molar refractivity (Wildman–Crippen MR) is 66.5 cm³/mol. The molecule has 18 heavy (non-hydrogen) atoms. The van der Waals surface area contributed by atoms with E-state index in [-0.39, 0.29) is 11.2 Å². The van der Waals surface area contributed by atoms with E-state index in [4.69, 9.17) is 0 Å². The highest BCUT2D eigenvalue weighted by molar-refractivity contribution is 8.00. The standard InChI is InChI=1S/C11H12N4O2S/c1-8(10(16)17-2)18-11-12-13-14-15(11)9-6-4-3-5-7-9/h3-8H,1-2H3. The van der Waals surface area contributed by atoms with Crippen LogP contribution >= 0.6 is 11.8 Å². The van der Waals surface area contributed by atoms with E-state index in [9.17, 15) is 4.79 Å². The number of benzene rings is 1. The summed E-state index contributed by atoms with van der Waals surface area (Å²) in [5.41, 5.74) is 0.849. The van der Waals surface area contributed by atoms with Crippen LogP contribution in [0.1, 0.15) is 6.92 Å². The molecule has 0 amide bonds. The average molecular weight is 264 g/mol. The summed E-state index contributed by atoms with van der Waals surface area (Å²) in [7, 11) is 1.36. The molecule has 0 radical (unpaired) electrons. The Balaban J connectivity index is 2.21. The van der Waals surface area contributed by atoms with Gasteiger partial charge in [0.15, 0.2) is 0 Å². The average Bonchev–Trinajstić information content (AvgIpc) is 2.86. The molecule has 2 rings (SSSR count). The van der Waals surface area contributed by atoms with Gasteiger partial charge in [-0.2, -0.15) is 4.68 Å². The number of aromatic nitrogens is 4. The fourth-order valence-electron chi connectivity index (χ4n) is 1.36. The van der Waals surface area contributed by atoms with E-state index in [1.54, 1.807) is 11.6 Å². The highest BCUT2D eigenvalue weighted by Gasteiger charge is 2.19. The number of esters is 1. The van der Waals surface area contributed by atoms with Crippen molar-refractivity contribution < 1.29 is 9.53 Å². The molecule has 1 unspecified atom stereocenters. The van der Waals surface area contributed by atoms with Crippen molar-refractivity contribution in [2.75, 3.05) is 7.11 Å². The van der Waals surface area contributed by atoms with Crippen LogP contribution in [0.15, 0.2) is 35.5 Å². The normalized spacial score (nSPS) is 12.1. The molecule has 0 aliphatic rings. The van der Waals surface area contributed by atoms with Crippen molar-refractivity contribution in [2.45, 2.75) is 17.3 Å². The van der Waals surface area contributed by atoms with Crippen LogP contribution < -0.4 is 0 Å². The Morgan fingerprint density at radius 2 is 2.11 bits per heavy atom. The molecular formula is C11H12N4O2S. The third kappa shape index (κ3) is 2.67. The summed E-state index contributed by atoms with van der Waals surface area (Å²) in [4.78, 5) is 11.4. The zero-order valence-corrected chi connectivity index (χ0v) is 10.8. The van der Waals surface area contributed by atoms with Crippen molar-refractivity contribution in [3.05, 3.63) is 30.3 Å². The Hall–Kier alpha value is -1.89. The van der Waals surface area contributed by atoms with E-state index in [2.05, 4.69) is 20.3 Å². The molecule has 0 N–H and O–H groups in total. The summed E-state index contributed by atoms with van der Waals surface area (Å²) in [6.45, 7) is 1.75. The zero-order valence-electron chi connectivity index (χ0n) is 9.98. The largest absolute Gasteiger partial charge is 0.468 e. The monoisotopic (exact) mass is 264 g/mol. The lowest BCUT2D eigenvalue weighted by atomic mass is 10.3. The topological polar surface area (TPSA) is 69.9 Å².